The highest BCUT2D eigenvalue weighted by Gasteiger charge is 2.18. The molecule has 65 heavy (non-hydrogen) atoms. The molecule has 0 fully saturated rings. The summed E-state index contributed by atoms with van der Waals surface area (Å²) in [5.41, 5.74) is 0. The molecule has 0 bridgehead atoms. The number of aliphatic hydroxyl groups excluding tert-OH is 1. The minimum absolute atomic E-state index is 0.0305. The van der Waals surface area contributed by atoms with E-state index in [4.69, 9.17) is 28.4 Å². The van der Waals surface area contributed by atoms with E-state index >= 15 is 0 Å². The molecule has 0 aliphatic rings. The van der Waals surface area contributed by atoms with Gasteiger partial charge in [-0.3, -0.25) is 19.2 Å². The van der Waals surface area contributed by atoms with Crippen LogP contribution in [-0.4, -0.2) is 106 Å². The number of carbonyl (C=O) groups excluding carboxylic acids is 4. The molecule has 12 nitrogen and oxygen atoms in total. The van der Waals surface area contributed by atoms with Gasteiger partial charge in [0.1, 0.15) is 19.8 Å². The van der Waals surface area contributed by atoms with E-state index in [1.165, 1.54) is 0 Å². The van der Waals surface area contributed by atoms with Crippen LogP contribution in [0.2, 0.25) is 0 Å². The van der Waals surface area contributed by atoms with Gasteiger partial charge in [0.05, 0.1) is 25.6 Å². The van der Waals surface area contributed by atoms with E-state index in [0.29, 0.717) is 52.0 Å². The van der Waals surface area contributed by atoms with Crippen molar-refractivity contribution >= 4 is 23.9 Å². The largest absolute Gasteiger partial charge is 0.466 e. The fraction of sp³-hybridized carbons (Fsp3) is 0.849. The van der Waals surface area contributed by atoms with Crippen LogP contribution in [0.5, 0.6) is 0 Å². The normalized spacial score (nSPS) is 11.8. The average Bonchev–Trinajstić information content (AvgIpc) is 3.30. The average molecular weight is 924 g/mol. The molecular formula is C53H97NO11. The highest BCUT2D eigenvalue weighted by atomic mass is 16.7. The predicted molar refractivity (Wildman–Crippen MR) is 261 cm³/mol. The third-order valence-electron chi connectivity index (χ3n) is 11.1. The Morgan fingerprint density at radius 1 is 0.446 bits per heavy atom. The zero-order chi connectivity index (χ0) is 47.7. The van der Waals surface area contributed by atoms with Gasteiger partial charge in [0, 0.05) is 45.4 Å². The molecule has 0 saturated carbocycles. The summed E-state index contributed by atoms with van der Waals surface area (Å²) in [7, 11) is 0. The van der Waals surface area contributed by atoms with Gasteiger partial charge in [-0.25, -0.2) is 0 Å². The molecule has 0 aromatic heterocycles. The number of hydrogen-bond acceptors (Lipinski definition) is 12. The second kappa shape index (κ2) is 49.1. The maximum atomic E-state index is 12.6. The number of aliphatic hydroxyl groups is 1. The van der Waals surface area contributed by atoms with Gasteiger partial charge < -0.3 is 38.4 Å². The molecule has 0 atom stereocenters. The Morgan fingerprint density at radius 3 is 1.32 bits per heavy atom. The van der Waals surface area contributed by atoms with E-state index in [1.54, 1.807) is 0 Å². The minimum atomic E-state index is -0.409. The summed E-state index contributed by atoms with van der Waals surface area (Å²) >= 11 is 0. The van der Waals surface area contributed by atoms with Crippen LogP contribution in [0, 0.1) is 5.92 Å². The van der Waals surface area contributed by atoms with Crippen molar-refractivity contribution in [1.82, 2.24) is 4.90 Å². The third-order valence-corrected chi connectivity index (χ3v) is 11.1. The van der Waals surface area contributed by atoms with Crippen LogP contribution >= 0.6 is 0 Å². The first-order chi connectivity index (χ1) is 31.8. The summed E-state index contributed by atoms with van der Waals surface area (Å²) in [6.45, 7) is 12.8. The first kappa shape index (κ1) is 62.2. The zero-order valence-corrected chi connectivity index (χ0v) is 42.0. The monoisotopic (exact) mass is 924 g/mol. The van der Waals surface area contributed by atoms with Crippen LogP contribution in [0.1, 0.15) is 214 Å². The molecule has 0 rings (SSSR count). The van der Waals surface area contributed by atoms with Gasteiger partial charge in [-0.2, -0.15) is 0 Å². The van der Waals surface area contributed by atoms with Crippen molar-refractivity contribution in [3.63, 3.8) is 0 Å². The Bertz CT molecular complexity index is 1110. The summed E-state index contributed by atoms with van der Waals surface area (Å²) in [6.07, 6.45) is 33.9. The summed E-state index contributed by atoms with van der Waals surface area (Å²) < 4.78 is 34.1. The molecule has 0 heterocycles. The number of rotatable bonds is 49. The molecule has 0 aromatic rings. The molecule has 0 radical (unpaired) electrons. The smallest absolute Gasteiger partial charge is 0.305 e. The zero-order valence-electron chi connectivity index (χ0n) is 42.0. The first-order valence-electron chi connectivity index (χ1n) is 26.3. The quantitative estimate of drug-likeness (QED) is 0.0204. The van der Waals surface area contributed by atoms with Gasteiger partial charge in [0.15, 0.2) is 6.29 Å². The summed E-state index contributed by atoms with van der Waals surface area (Å²) in [6, 6.07) is 0. The molecule has 12 heteroatoms. The van der Waals surface area contributed by atoms with Crippen molar-refractivity contribution in [2.45, 2.75) is 220 Å². The van der Waals surface area contributed by atoms with Crippen molar-refractivity contribution in [2.75, 3.05) is 65.9 Å². The van der Waals surface area contributed by atoms with Crippen LogP contribution in [0.25, 0.3) is 0 Å². The number of nitrogens with zero attached hydrogens (tertiary/aromatic N) is 1. The van der Waals surface area contributed by atoms with Crippen molar-refractivity contribution in [3.8, 4) is 0 Å². The van der Waals surface area contributed by atoms with E-state index < -0.39 is 5.92 Å². The van der Waals surface area contributed by atoms with Crippen molar-refractivity contribution in [1.29, 1.82) is 0 Å². The van der Waals surface area contributed by atoms with Gasteiger partial charge in [-0.15, -0.1) is 0 Å². The van der Waals surface area contributed by atoms with E-state index in [0.717, 1.165) is 161 Å². The van der Waals surface area contributed by atoms with Crippen LogP contribution in [0.15, 0.2) is 24.3 Å². The number of unbranched alkanes of at least 4 members (excludes halogenated alkanes) is 16. The van der Waals surface area contributed by atoms with Crippen molar-refractivity contribution in [3.05, 3.63) is 24.3 Å². The number of hydrogen-bond donors (Lipinski definition) is 1. The molecule has 0 unspecified atom stereocenters. The van der Waals surface area contributed by atoms with E-state index in [-0.39, 0.29) is 69.4 Å². The number of carbonyl (C=O) groups is 4. The van der Waals surface area contributed by atoms with E-state index in [9.17, 15) is 24.3 Å². The van der Waals surface area contributed by atoms with E-state index in [2.05, 4.69) is 56.9 Å². The molecule has 380 valence electrons. The molecule has 0 aliphatic carbocycles. The van der Waals surface area contributed by atoms with Crippen molar-refractivity contribution < 1.29 is 52.7 Å². The van der Waals surface area contributed by atoms with Gasteiger partial charge in [-0.05, 0) is 103 Å². The molecule has 1 N–H and O–H groups in total. The lowest BCUT2D eigenvalue weighted by Crippen LogP contribution is -2.29. The van der Waals surface area contributed by atoms with Gasteiger partial charge in [0.2, 0.25) is 0 Å². The molecular weight excluding hydrogens is 827 g/mol. The molecule has 0 saturated heterocycles. The molecule has 0 aliphatic heterocycles. The molecule has 0 aromatic carbocycles. The van der Waals surface area contributed by atoms with Gasteiger partial charge >= 0.3 is 23.9 Å². The predicted octanol–water partition coefficient (Wildman–Crippen LogP) is 11.9. The molecule has 0 amide bonds. The Morgan fingerprint density at radius 2 is 0.862 bits per heavy atom. The second-order valence-corrected chi connectivity index (χ2v) is 17.4. The Labute approximate surface area is 396 Å². The number of allylic oxidation sites excluding steroid dienone is 4. The van der Waals surface area contributed by atoms with Crippen LogP contribution in [-0.2, 0) is 47.6 Å². The lowest BCUT2D eigenvalue weighted by atomic mass is 10.1. The summed E-state index contributed by atoms with van der Waals surface area (Å²) in [5.74, 6) is -1.49. The highest BCUT2D eigenvalue weighted by Crippen LogP contribution is 2.13. The van der Waals surface area contributed by atoms with Crippen LogP contribution < -0.4 is 0 Å². The lowest BCUT2D eigenvalue weighted by molar-refractivity contribution is -0.159. The fourth-order valence-corrected chi connectivity index (χ4v) is 7.05. The number of ether oxygens (including phenoxy) is 6. The summed E-state index contributed by atoms with van der Waals surface area (Å²) in [5, 5.41) is 9.63. The maximum absolute atomic E-state index is 12.6. The highest BCUT2D eigenvalue weighted by molar-refractivity contribution is 5.70. The maximum Gasteiger partial charge on any atom is 0.305 e. The number of esters is 4. The Hall–Kier alpha value is -2.80. The fourth-order valence-electron chi connectivity index (χ4n) is 7.05. The van der Waals surface area contributed by atoms with Gasteiger partial charge in [-0.1, -0.05) is 116 Å². The van der Waals surface area contributed by atoms with Crippen molar-refractivity contribution in [2.24, 2.45) is 5.92 Å². The SMILES string of the molecule is CC/C=C\CCCCOC(CCC(=O)OCCCCCCCN(CCO)CCCCCC(=O)OCC(COC(=O)CCCCCC)COC(=O)CCCCCC)OCCCC/C=C\CC. The minimum Gasteiger partial charge on any atom is -0.466 e. The molecule has 0 spiro atoms. The Balaban J connectivity index is 4.38. The Kier molecular flexibility index (Phi) is 47.0. The first-order valence-corrected chi connectivity index (χ1v) is 26.3. The van der Waals surface area contributed by atoms with E-state index in [1.807, 2.05) is 0 Å². The summed E-state index contributed by atoms with van der Waals surface area (Å²) in [4.78, 5) is 51.9. The topological polar surface area (TPSA) is 147 Å². The van der Waals surface area contributed by atoms with Crippen LogP contribution in [0.4, 0.5) is 0 Å². The van der Waals surface area contributed by atoms with Crippen LogP contribution in [0.3, 0.4) is 0 Å². The lowest BCUT2D eigenvalue weighted by Gasteiger charge is -2.21. The standard InChI is InChI=1S/C53H97NO11/c1-5-9-13-17-21-31-43-61-53(62-44-32-22-18-14-10-6-2)37-36-52(59)60-42-30-23-19-20-28-38-54(40-41-55)39-29-24-27-35-51(58)65-47-48(45-63-49(56)33-25-15-11-7-3)46-64-50(57)34-26-16-12-8-4/h9-10,13-14,48,53,55H,5-8,11-12,15-47H2,1-4H3/b13-9-,14-10-. The third kappa shape index (κ3) is 44.8. The second-order valence-electron chi connectivity index (χ2n) is 17.4. The van der Waals surface area contributed by atoms with Gasteiger partial charge in [0.25, 0.3) is 0 Å².